The van der Waals surface area contributed by atoms with Gasteiger partial charge in [-0.3, -0.25) is 4.79 Å². The zero-order valence-corrected chi connectivity index (χ0v) is 15.5. The number of hydrogen-bond donors (Lipinski definition) is 1. The molecular formula is C19H22N6O2. The van der Waals surface area contributed by atoms with Crippen LogP contribution in [-0.2, 0) is 11.3 Å². The molecule has 2 atom stereocenters. The van der Waals surface area contributed by atoms with Crippen molar-refractivity contribution < 1.29 is 9.32 Å². The number of aromatic nitrogens is 4. The van der Waals surface area contributed by atoms with Crippen LogP contribution in [0, 0.1) is 19.8 Å². The van der Waals surface area contributed by atoms with Crippen LogP contribution in [0.3, 0.4) is 0 Å². The van der Waals surface area contributed by atoms with Gasteiger partial charge >= 0.3 is 0 Å². The summed E-state index contributed by atoms with van der Waals surface area (Å²) in [5.41, 5.74) is 2.72. The second kappa shape index (κ2) is 6.07. The molecule has 0 saturated carbocycles. The number of aryl methyl sites for hydroxylation is 2. The largest absolute Gasteiger partial charge is 0.361 e. The maximum atomic E-state index is 13.2. The van der Waals surface area contributed by atoms with E-state index in [0.29, 0.717) is 13.1 Å². The summed E-state index contributed by atoms with van der Waals surface area (Å²) in [5, 5.41) is 5.04. The first-order chi connectivity index (χ1) is 13.1. The van der Waals surface area contributed by atoms with Gasteiger partial charge in [0.1, 0.15) is 23.6 Å². The maximum Gasteiger partial charge on any atom is 0.228 e. The third kappa shape index (κ3) is 2.58. The van der Waals surface area contributed by atoms with E-state index in [2.05, 4.69) is 25.0 Å². The van der Waals surface area contributed by atoms with E-state index in [1.807, 2.05) is 31.0 Å². The van der Waals surface area contributed by atoms with Crippen molar-refractivity contribution in [3.63, 3.8) is 0 Å². The highest BCUT2D eigenvalue weighted by Gasteiger charge is 2.41. The third-order valence-electron chi connectivity index (χ3n) is 5.94. The van der Waals surface area contributed by atoms with Crippen LogP contribution >= 0.6 is 0 Å². The van der Waals surface area contributed by atoms with E-state index in [-0.39, 0.29) is 17.9 Å². The number of fused-ring (bicyclic) bond motifs is 5. The molecule has 0 radical (unpaired) electrons. The molecule has 3 aromatic heterocycles. The number of aromatic amines is 1. The molecule has 140 valence electrons. The summed E-state index contributed by atoms with van der Waals surface area (Å²) in [5.74, 6) is 1.92. The van der Waals surface area contributed by atoms with Crippen LogP contribution in [0.25, 0.3) is 11.0 Å². The fourth-order valence-corrected chi connectivity index (χ4v) is 4.43. The van der Waals surface area contributed by atoms with Gasteiger partial charge < -0.3 is 19.3 Å². The summed E-state index contributed by atoms with van der Waals surface area (Å²) < 4.78 is 5.29. The summed E-state index contributed by atoms with van der Waals surface area (Å²) in [6.45, 7) is 5.89. The third-order valence-corrected chi connectivity index (χ3v) is 5.94. The monoisotopic (exact) mass is 366 g/mol. The number of nitrogens with one attached hydrogen (secondary N) is 1. The highest BCUT2D eigenvalue weighted by atomic mass is 16.5. The second-order valence-corrected chi connectivity index (χ2v) is 7.54. The van der Waals surface area contributed by atoms with Crippen molar-refractivity contribution in [2.24, 2.45) is 5.92 Å². The molecule has 1 amide bonds. The standard InChI is InChI=1S/C19H22N6O2/c1-11-16(12(2)27-23-11)9-25-14-4-3-13(19(25)26)7-24(8-14)18-15-5-6-20-17(15)21-10-22-18/h5-6,10,13-14H,3-4,7-9H2,1-2H3,(H,20,21,22)/t13-,14+/m0/s1. The lowest BCUT2D eigenvalue weighted by atomic mass is 9.93. The number of hydrogen-bond acceptors (Lipinski definition) is 6. The fourth-order valence-electron chi connectivity index (χ4n) is 4.43. The normalized spacial score (nSPS) is 22.7. The minimum Gasteiger partial charge on any atom is -0.361 e. The van der Waals surface area contributed by atoms with Gasteiger partial charge in [0.15, 0.2) is 0 Å². The van der Waals surface area contributed by atoms with E-state index < -0.39 is 0 Å². The number of nitrogens with zero attached hydrogens (tertiary/aromatic N) is 5. The number of anilines is 1. The van der Waals surface area contributed by atoms with Crippen LogP contribution in [0.5, 0.6) is 0 Å². The predicted molar refractivity (Wildman–Crippen MR) is 99.1 cm³/mol. The van der Waals surface area contributed by atoms with Gasteiger partial charge in [0, 0.05) is 30.9 Å². The summed E-state index contributed by atoms with van der Waals surface area (Å²) >= 11 is 0. The van der Waals surface area contributed by atoms with Crippen molar-refractivity contribution in [1.29, 1.82) is 0 Å². The van der Waals surface area contributed by atoms with Gasteiger partial charge in [-0.25, -0.2) is 9.97 Å². The topological polar surface area (TPSA) is 91.2 Å². The van der Waals surface area contributed by atoms with E-state index in [4.69, 9.17) is 4.52 Å². The molecule has 3 saturated heterocycles. The fraction of sp³-hybridized carbons (Fsp3) is 0.474. The molecule has 3 aliphatic heterocycles. The summed E-state index contributed by atoms with van der Waals surface area (Å²) in [6.07, 6.45) is 5.41. The Balaban J connectivity index is 1.48. The molecule has 2 bridgehead atoms. The number of rotatable bonds is 3. The summed E-state index contributed by atoms with van der Waals surface area (Å²) in [7, 11) is 0. The van der Waals surface area contributed by atoms with Gasteiger partial charge in [-0.1, -0.05) is 5.16 Å². The highest BCUT2D eigenvalue weighted by molar-refractivity contribution is 5.88. The molecule has 8 heteroatoms. The Morgan fingerprint density at radius 1 is 1.26 bits per heavy atom. The SMILES string of the molecule is Cc1noc(C)c1CN1C(=O)[C@H]2CC[C@@H]1CN(c1ncnc3[nH]ccc13)C2. The lowest BCUT2D eigenvalue weighted by molar-refractivity contribution is -0.140. The minimum atomic E-state index is -0.00632. The number of piperidine rings is 1. The molecule has 6 rings (SSSR count). The minimum absolute atomic E-state index is 0.00632. The summed E-state index contributed by atoms with van der Waals surface area (Å²) in [6, 6.07) is 2.16. The van der Waals surface area contributed by atoms with Crippen molar-refractivity contribution in [2.75, 3.05) is 18.0 Å². The van der Waals surface area contributed by atoms with E-state index >= 15 is 0 Å². The zero-order valence-electron chi connectivity index (χ0n) is 15.5. The molecule has 0 unspecified atom stereocenters. The second-order valence-electron chi connectivity index (χ2n) is 7.54. The predicted octanol–water partition coefficient (Wildman–Crippen LogP) is 2.19. The van der Waals surface area contributed by atoms with E-state index in [0.717, 1.165) is 53.3 Å². The molecule has 0 aliphatic carbocycles. The first-order valence-electron chi connectivity index (χ1n) is 9.37. The van der Waals surface area contributed by atoms with E-state index in [1.54, 1.807) is 6.33 Å². The zero-order chi connectivity index (χ0) is 18.5. The number of carbonyl (C=O) groups is 1. The molecule has 0 aromatic carbocycles. The van der Waals surface area contributed by atoms with Crippen molar-refractivity contribution in [1.82, 2.24) is 25.0 Å². The Morgan fingerprint density at radius 2 is 2.15 bits per heavy atom. The molecular weight excluding hydrogens is 344 g/mol. The molecule has 27 heavy (non-hydrogen) atoms. The molecule has 1 N–H and O–H groups in total. The molecule has 8 nitrogen and oxygen atoms in total. The van der Waals surface area contributed by atoms with E-state index in [1.165, 1.54) is 0 Å². The molecule has 3 aromatic rings. The summed E-state index contributed by atoms with van der Waals surface area (Å²) in [4.78, 5) is 29.4. The molecule has 0 spiro atoms. The average Bonchev–Trinajstić information content (AvgIpc) is 3.16. The number of carbonyl (C=O) groups excluding carboxylic acids is 1. The lowest BCUT2D eigenvalue weighted by Gasteiger charge is -2.35. The first-order valence-corrected chi connectivity index (χ1v) is 9.37. The van der Waals surface area contributed by atoms with E-state index in [9.17, 15) is 4.79 Å². The van der Waals surface area contributed by atoms with Gasteiger partial charge in [0.25, 0.3) is 0 Å². The Bertz CT molecular complexity index is 989. The molecule has 6 heterocycles. The van der Waals surface area contributed by atoms with Crippen LogP contribution in [0.2, 0.25) is 0 Å². The van der Waals surface area contributed by atoms with Crippen LogP contribution in [-0.4, -0.2) is 50.0 Å². The average molecular weight is 366 g/mol. The Morgan fingerprint density at radius 3 is 2.96 bits per heavy atom. The van der Waals surface area contributed by atoms with Gasteiger partial charge in [-0.15, -0.1) is 0 Å². The van der Waals surface area contributed by atoms with Gasteiger partial charge in [-0.2, -0.15) is 0 Å². The number of amides is 1. The van der Waals surface area contributed by atoms with Gasteiger partial charge in [0.05, 0.1) is 23.5 Å². The highest BCUT2D eigenvalue weighted by Crippen LogP contribution is 2.34. The van der Waals surface area contributed by atoms with Crippen LogP contribution in [0.1, 0.15) is 29.9 Å². The number of H-pyrrole nitrogens is 1. The Labute approximate surface area is 156 Å². The maximum absolute atomic E-state index is 13.2. The van der Waals surface area contributed by atoms with Gasteiger partial charge in [-0.05, 0) is 32.8 Å². The van der Waals surface area contributed by atoms with Gasteiger partial charge in [0.2, 0.25) is 5.91 Å². The van der Waals surface area contributed by atoms with Crippen molar-refractivity contribution in [3.05, 3.63) is 35.6 Å². The molecule has 3 fully saturated rings. The van der Waals surface area contributed by atoms with Crippen molar-refractivity contribution >= 4 is 22.8 Å². The lowest BCUT2D eigenvalue weighted by Crippen LogP contribution is -2.47. The van der Waals surface area contributed by atoms with Crippen molar-refractivity contribution in [3.8, 4) is 0 Å². The van der Waals surface area contributed by atoms with Crippen molar-refractivity contribution in [2.45, 2.75) is 39.3 Å². The van der Waals surface area contributed by atoms with Crippen LogP contribution in [0.4, 0.5) is 5.82 Å². The quantitative estimate of drug-likeness (QED) is 0.764. The van der Waals surface area contributed by atoms with Crippen LogP contribution < -0.4 is 4.90 Å². The Kier molecular flexibility index (Phi) is 3.66. The van der Waals surface area contributed by atoms with Crippen LogP contribution in [0.15, 0.2) is 23.1 Å². The first kappa shape index (κ1) is 16.3. The molecule has 3 aliphatic rings. The Hall–Kier alpha value is -2.90. The smallest absolute Gasteiger partial charge is 0.228 e.